The van der Waals surface area contributed by atoms with Gasteiger partial charge in [0.2, 0.25) is 5.91 Å². The van der Waals surface area contributed by atoms with Gasteiger partial charge in [-0.2, -0.15) is 5.10 Å². The van der Waals surface area contributed by atoms with Crippen molar-refractivity contribution in [1.29, 1.82) is 0 Å². The van der Waals surface area contributed by atoms with E-state index in [-0.39, 0.29) is 17.4 Å². The molecular formula is C17H17FN2O2S. The number of carbonyl (C=O) groups is 1. The van der Waals surface area contributed by atoms with Crippen molar-refractivity contribution in [2.24, 2.45) is 5.10 Å². The predicted molar refractivity (Wildman–Crippen MR) is 90.6 cm³/mol. The first-order valence-corrected chi connectivity index (χ1v) is 7.92. The van der Waals surface area contributed by atoms with Gasteiger partial charge >= 0.3 is 0 Å². The highest BCUT2D eigenvalue weighted by atomic mass is 32.2. The summed E-state index contributed by atoms with van der Waals surface area (Å²) in [6.07, 6.45) is 1.39. The number of thioether (sulfide) groups is 1. The quantitative estimate of drug-likeness (QED) is 0.501. The topological polar surface area (TPSA) is 50.7 Å². The number of hydrogen-bond donors (Lipinski definition) is 1. The van der Waals surface area contributed by atoms with E-state index in [1.807, 2.05) is 31.2 Å². The van der Waals surface area contributed by atoms with E-state index in [4.69, 9.17) is 4.74 Å². The van der Waals surface area contributed by atoms with Gasteiger partial charge in [-0.25, -0.2) is 9.82 Å². The minimum absolute atomic E-state index is 0.167. The zero-order valence-corrected chi connectivity index (χ0v) is 13.7. The molecule has 2 rings (SSSR count). The Balaban J connectivity index is 1.81. The first-order chi connectivity index (χ1) is 11.1. The van der Waals surface area contributed by atoms with Crippen molar-refractivity contribution in [3.05, 3.63) is 59.4 Å². The number of nitrogens with zero attached hydrogens (tertiary/aromatic N) is 1. The van der Waals surface area contributed by atoms with Gasteiger partial charge in [-0.15, -0.1) is 11.8 Å². The molecule has 0 fully saturated rings. The molecule has 1 N–H and O–H groups in total. The largest absolute Gasteiger partial charge is 0.494 e. The third kappa shape index (κ3) is 5.41. The molecule has 0 unspecified atom stereocenters. The van der Waals surface area contributed by atoms with Crippen LogP contribution in [-0.4, -0.2) is 25.0 Å². The Morgan fingerprint density at radius 1 is 1.30 bits per heavy atom. The number of methoxy groups -OCH3 is 1. The molecule has 2 aromatic carbocycles. The second kappa shape index (κ2) is 8.33. The highest BCUT2D eigenvalue weighted by Gasteiger charge is 2.03. The molecule has 0 saturated carbocycles. The van der Waals surface area contributed by atoms with Crippen LogP contribution in [0.5, 0.6) is 5.75 Å². The van der Waals surface area contributed by atoms with Gasteiger partial charge in [-0.05, 0) is 42.8 Å². The van der Waals surface area contributed by atoms with E-state index in [1.54, 1.807) is 6.07 Å². The Bertz CT molecular complexity index is 702. The van der Waals surface area contributed by atoms with Gasteiger partial charge in [0.15, 0.2) is 11.6 Å². The van der Waals surface area contributed by atoms with E-state index < -0.39 is 5.82 Å². The molecule has 0 heterocycles. The van der Waals surface area contributed by atoms with Gasteiger partial charge < -0.3 is 4.74 Å². The first-order valence-electron chi connectivity index (χ1n) is 6.93. The number of hydrogen-bond acceptors (Lipinski definition) is 4. The van der Waals surface area contributed by atoms with Gasteiger partial charge in [0.1, 0.15) is 0 Å². The smallest absolute Gasteiger partial charge is 0.250 e. The number of nitrogens with one attached hydrogen (secondary N) is 1. The molecular weight excluding hydrogens is 315 g/mol. The molecule has 120 valence electrons. The maximum atomic E-state index is 13.5. The highest BCUT2D eigenvalue weighted by molar-refractivity contribution is 8.00. The van der Waals surface area contributed by atoms with Crippen LogP contribution in [0.2, 0.25) is 0 Å². The first kappa shape index (κ1) is 17.0. The lowest BCUT2D eigenvalue weighted by Gasteiger charge is -2.02. The fourth-order valence-electron chi connectivity index (χ4n) is 1.76. The number of aryl methyl sites for hydroxylation is 1. The standard InChI is InChI=1S/C17H17FN2O2S/c1-12-3-6-14(7-4-12)23-11-17(21)20-19-10-13-5-8-16(22-2)15(18)9-13/h3-10H,11H2,1-2H3,(H,20,21)/b19-10-. The number of halogens is 1. The van der Waals surface area contributed by atoms with Crippen LogP contribution in [0.3, 0.4) is 0 Å². The molecule has 0 bridgehead atoms. The normalized spacial score (nSPS) is 10.7. The highest BCUT2D eigenvalue weighted by Crippen LogP contribution is 2.18. The van der Waals surface area contributed by atoms with E-state index in [2.05, 4.69) is 10.5 Å². The van der Waals surface area contributed by atoms with Crippen LogP contribution in [0, 0.1) is 12.7 Å². The number of benzene rings is 2. The van der Waals surface area contributed by atoms with Crippen molar-refractivity contribution < 1.29 is 13.9 Å². The molecule has 2 aromatic rings. The minimum atomic E-state index is -0.474. The third-order valence-corrected chi connectivity index (χ3v) is 3.98. The molecule has 0 aliphatic rings. The van der Waals surface area contributed by atoms with Crippen molar-refractivity contribution in [2.45, 2.75) is 11.8 Å². The monoisotopic (exact) mass is 332 g/mol. The zero-order chi connectivity index (χ0) is 16.7. The lowest BCUT2D eigenvalue weighted by atomic mass is 10.2. The zero-order valence-electron chi connectivity index (χ0n) is 12.9. The summed E-state index contributed by atoms with van der Waals surface area (Å²) in [5.74, 6) is -0.267. The maximum absolute atomic E-state index is 13.5. The molecule has 0 radical (unpaired) electrons. The van der Waals surface area contributed by atoms with Crippen molar-refractivity contribution in [3.63, 3.8) is 0 Å². The molecule has 0 aliphatic carbocycles. The second-order valence-electron chi connectivity index (χ2n) is 4.79. The Morgan fingerprint density at radius 2 is 2.04 bits per heavy atom. The summed E-state index contributed by atoms with van der Waals surface area (Å²) in [7, 11) is 1.40. The predicted octanol–water partition coefficient (Wildman–Crippen LogP) is 3.39. The van der Waals surface area contributed by atoms with Gasteiger partial charge in [0.05, 0.1) is 19.1 Å². The lowest BCUT2D eigenvalue weighted by molar-refractivity contribution is -0.118. The summed E-state index contributed by atoms with van der Waals surface area (Å²) in [4.78, 5) is 12.7. The van der Waals surface area contributed by atoms with Crippen LogP contribution in [0.4, 0.5) is 4.39 Å². The van der Waals surface area contributed by atoms with E-state index in [0.717, 1.165) is 4.90 Å². The number of hydrazone groups is 1. The summed E-state index contributed by atoms with van der Waals surface area (Å²) in [6, 6.07) is 12.4. The van der Waals surface area contributed by atoms with Crippen LogP contribution in [-0.2, 0) is 4.79 Å². The molecule has 0 atom stereocenters. The van der Waals surface area contributed by atoms with Crippen molar-refractivity contribution in [3.8, 4) is 5.75 Å². The van der Waals surface area contributed by atoms with Crippen molar-refractivity contribution in [2.75, 3.05) is 12.9 Å². The molecule has 0 aromatic heterocycles. The van der Waals surface area contributed by atoms with Gasteiger partial charge in [0.25, 0.3) is 0 Å². The van der Waals surface area contributed by atoms with E-state index >= 15 is 0 Å². The third-order valence-electron chi connectivity index (χ3n) is 2.97. The van der Waals surface area contributed by atoms with Crippen molar-refractivity contribution >= 4 is 23.9 Å². The van der Waals surface area contributed by atoms with E-state index in [0.29, 0.717) is 5.56 Å². The Hall–Kier alpha value is -2.34. The SMILES string of the molecule is COc1ccc(/C=N\NC(=O)CSc2ccc(C)cc2)cc1F. The maximum Gasteiger partial charge on any atom is 0.250 e. The van der Waals surface area contributed by atoms with E-state index in [9.17, 15) is 9.18 Å². The Morgan fingerprint density at radius 3 is 2.70 bits per heavy atom. The molecule has 0 aliphatic heterocycles. The summed E-state index contributed by atoms with van der Waals surface area (Å²) in [6.45, 7) is 2.01. The molecule has 0 saturated heterocycles. The number of rotatable bonds is 6. The number of ether oxygens (including phenoxy) is 1. The van der Waals surface area contributed by atoms with Crippen LogP contribution in [0.1, 0.15) is 11.1 Å². The Kier molecular flexibility index (Phi) is 6.17. The van der Waals surface area contributed by atoms with Crippen LogP contribution in [0.25, 0.3) is 0 Å². The lowest BCUT2D eigenvalue weighted by Crippen LogP contribution is -2.19. The Labute approximate surface area is 138 Å². The molecule has 0 spiro atoms. The van der Waals surface area contributed by atoms with E-state index in [1.165, 1.54) is 42.8 Å². The minimum Gasteiger partial charge on any atom is -0.494 e. The van der Waals surface area contributed by atoms with Crippen LogP contribution < -0.4 is 10.2 Å². The molecule has 6 heteroatoms. The summed E-state index contributed by atoms with van der Waals surface area (Å²) < 4.78 is 18.3. The molecule has 4 nitrogen and oxygen atoms in total. The summed E-state index contributed by atoms with van der Waals surface area (Å²) in [5.41, 5.74) is 4.13. The van der Waals surface area contributed by atoms with Gasteiger partial charge in [0, 0.05) is 4.90 Å². The van der Waals surface area contributed by atoms with Gasteiger partial charge in [-0.3, -0.25) is 4.79 Å². The fourth-order valence-corrected chi connectivity index (χ4v) is 2.45. The van der Waals surface area contributed by atoms with Crippen LogP contribution in [0.15, 0.2) is 52.5 Å². The van der Waals surface area contributed by atoms with Crippen LogP contribution >= 0.6 is 11.8 Å². The van der Waals surface area contributed by atoms with Crippen molar-refractivity contribution in [1.82, 2.24) is 5.43 Å². The summed E-state index contributed by atoms with van der Waals surface area (Å²) >= 11 is 1.43. The molecule has 1 amide bonds. The summed E-state index contributed by atoms with van der Waals surface area (Å²) in [5, 5.41) is 3.82. The number of carbonyl (C=O) groups excluding carboxylic acids is 1. The average Bonchev–Trinajstić information content (AvgIpc) is 2.54. The molecule has 23 heavy (non-hydrogen) atoms. The average molecular weight is 332 g/mol. The number of amides is 1. The fraction of sp³-hybridized carbons (Fsp3) is 0.176. The van der Waals surface area contributed by atoms with Gasteiger partial charge in [-0.1, -0.05) is 17.7 Å². The second-order valence-corrected chi connectivity index (χ2v) is 5.84.